The number of carbonyl (C=O) groups is 1. The van der Waals surface area contributed by atoms with Gasteiger partial charge in [-0.15, -0.1) is 0 Å². The molecule has 156 valence electrons. The number of hydrazine groups is 1. The van der Waals surface area contributed by atoms with E-state index in [0.717, 1.165) is 11.1 Å². The number of rotatable bonds is 6. The Morgan fingerprint density at radius 1 is 0.938 bits per heavy atom. The Kier molecular flexibility index (Phi) is 5.96. The molecule has 4 rings (SSSR count). The predicted molar refractivity (Wildman–Crippen MR) is 121 cm³/mol. The van der Waals surface area contributed by atoms with Gasteiger partial charge in [-0.1, -0.05) is 72.8 Å². The van der Waals surface area contributed by atoms with Crippen molar-refractivity contribution in [3.8, 4) is 34.3 Å². The van der Waals surface area contributed by atoms with Crippen LogP contribution in [0.2, 0.25) is 0 Å². The van der Waals surface area contributed by atoms with Crippen molar-refractivity contribution in [2.75, 3.05) is 0 Å². The van der Waals surface area contributed by atoms with Crippen molar-refractivity contribution in [1.82, 2.24) is 10.9 Å². The Hall–Kier alpha value is -4.83. The normalized spacial score (nSPS) is 10.6. The summed E-state index contributed by atoms with van der Waals surface area (Å²) in [5.41, 5.74) is 7.63. The van der Waals surface area contributed by atoms with E-state index < -0.39 is 5.91 Å². The molecule has 0 bridgehead atoms. The number of para-hydroxylation sites is 1. The molecule has 0 spiro atoms. The van der Waals surface area contributed by atoms with Gasteiger partial charge in [-0.05, 0) is 17.7 Å². The maximum Gasteiger partial charge on any atom is 0.273 e. The summed E-state index contributed by atoms with van der Waals surface area (Å²) in [4.78, 5) is 16.4. The second kappa shape index (κ2) is 9.32. The van der Waals surface area contributed by atoms with Crippen molar-refractivity contribution in [2.45, 2.75) is 0 Å². The molecular weight excluding hydrogens is 404 g/mol. The minimum atomic E-state index is -0.538. The lowest BCUT2D eigenvalue weighted by Gasteiger charge is -2.05. The molecule has 1 amide bonds. The number of carbonyl (C=O) groups excluding carboxylic acids is 1. The number of furan rings is 1. The van der Waals surface area contributed by atoms with Crippen LogP contribution < -0.4 is 10.9 Å². The summed E-state index contributed by atoms with van der Waals surface area (Å²) < 4.78 is 5.97. The Morgan fingerprint density at radius 3 is 2.22 bits per heavy atom. The summed E-state index contributed by atoms with van der Waals surface area (Å²) >= 11 is 0. The summed E-state index contributed by atoms with van der Waals surface area (Å²) in [7, 11) is 0. The lowest BCUT2D eigenvalue weighted by molar-refractivity contribution is 0.0942. The number of phenols is 1. The first-order valence-electron chi connectivity index (χ1n) is 9.73. The SMILES string of the molecule is N#Cc1c(/N=C\NNC(=O)c2ccccc2O)oc(-c2ccccc2)c1-c1ccccc1. The van der Waals surface area contributed by atoms with Crippen molar-refractivity contribution in [2.24, 2.45) is 4.99 Å². The van der Waals surface area contributed by atoms with Gasteiger partial charge in [0.15, 0.2) is 0 Å². The first-order chi connectivity index (χ1) is 15.7. The van der Waals surface area contributed by atoms with Gasteiger partial charge < -0.3 is 9.52 Å². The van der Waals surface area contributed by atoms with Crippen LogP contribution in [0.25, 0.3) is 22.5 Å². The molecule has 0 saturated heterocycles. The number of nitriles is 1. The van der Waals surface area contributed by atoms with E-state index in [1.807, 2.05) is 60.7 Å². The molecule has 32 heavy (non-hydrogen) atoms. The number of hydrogen-bond donors (Lipinski definition) is 3. The third-order valence-electron chi connectivity index (χ3n) is 4.68. The van der Waals surface area contributed by atoms with E-state index in [2.05, 4.69) is 21.9 Å². The van der Waals surface area contributed by atoms with Crippen LogP contribution in [0, 0.1) is 11.3 Å². The highest BCUT2D eigenvalue weighted by Crippen LogP contribution is 2.42. The largest absolute Gasteiger partial charge is 0.507 e. The van der Waals surface area contributed by atoms with Crippen LogP contribution in [-0.4, -0.2) is 17.4 Å². The van der Waals surface area contributed by atoms with Gasteiger partial charge in [0, 0.05) is 11.1 Å². The average Bonchev–Trinajstić information content (AvgIpc) is 3.21. The lowest BCUT2D eigenvalue weighted by atomic mass is 9.98. The van der Waals surface area contributed by atoms with Gasteiger partial charge >= 0.3 is 0 Å². The van der Waals surface area contributed by atoms with Gasteiger partial charge in [0.25, 0.3) is 5.91 Å². The van der Waals surface area contributed by atoms with Crippen LogP contribution in [0.4, 0.5) is 5.88 Å². The lowest BCUT2D eigenvalue weighted by Crippen LogP contribution is -2.36. The second-order valence-corrected chi connectivity index (χ2v) is 6.70. The first-order valence-corrected chi connectivity index (χ1v) is 9.73. The van der Waals surface area contributed by atoms with Crippen LogP contribution in [0.15, 0.2) is 94.3 Å². The van der Waals surface area contributed by atoms with Crippen molar-refractivity contribution in [3.05, 3.63) is 96.1 Å². The Morgan fingerprint density at radius 2 is 1.56 bits per heavy atom. The number of benzene rings is 3. The number of hydrogen-bond acceptors (Lipinski definition) is 5. The Bertz CT molecular complexity index is 1310. The van der Waals surface area contributed by atoms with E-state index in [0.29, 0.717) is 11.3 Å². The van der Waals surface area contributed by atoms with E-state index in [9.17, 15) is 15.2 Å². The van der Waals surface area contributed by atoms with Crippen LogP contribution in [0.3, 0.4) is 0 Å². The number of nitrogens with zero attached hydrogens (tertiary/aromatic N) is 2. The van der Waals surface area contributed by atoms with Gasteiger partial charge in [0.2, 0.25) is 5.88 Å². The monoisotopic (exact) mass is 422 g/mol. The number of amides is 1. The molecule has 7 nitrogen and oxygen atoms in total. The van der Waals surface area contributed by atoms with Crippen molar-refractivity contribution in [3.63, 3.8) is 0 Å². The zero-order valence-corrected chi connectivity index (χ0v) is 16.8. The summed E-state index contributed by atoms with van der Waals surface area (Å²) in [6.45, 7) is 0. The van der Waals surface area contributed by atoms with Crippen molar-refractivity contribution >= 4 is 18.1 Å². The number of aromatic hydroxyl groups is 1. The predicted octanol–water partition coefficient (Wildman–Crippen LogP) is 4.79. The van der Waals surface area contributed by atoms with Crippen LogP contribution >= 0.6 is 0 Å². The molecule has 0 aliphatic heterocycles. The summed E-state index contributed by atoms with van der Waals surface area (Å²) in [5.74, 6) is -0.0424. The van der Waals surface area contributed by atoms with Gasteiger partial charge in [-0.25, -0.2) is 4.99 Å². The van der Waals surface area contributed by atoms with E-state index in [-0.39, 0.29) is 22.8 Å². The van der Waals surface area contributed by atoms with E-state index in [1.165, 1.54) is 18.5 Å². The third-order valence-corrected chi connectivity index (χ3v) is 4.68. The molecule has 3 N–H and O–H groups in total. The molecule has 0 aliphatic rings. The molecule has 0 atom stereocenters. The van der Waals surface area contributed by atoms with E-state index in [4.69, 9.17) is 4.42 Å². The molecule has 0 radical (unpaired) electrons. The van der Waals surface area contributed by atoms with Gasteiger partial charge in [0.1, 0.15) is 29.5 Å². The highest BCUT2D eigenvalue weighted by molar-refractivity contribution is 5.97. The molecule has 1 heterocycles. The quantitative estimate of drug-likeness (QED) is 0.235. The Labute approximate surface area is 184 Å². The average molecular weight is 422 g/mol. The van der Waals surface area contributed by atoms with Crippen LogP contribution in [0.1, 0.15) is 15.9 Å². The fourth-order valence-electron chi connectivity index (χ4n) is 3.21. The standard InChI is InChI=1S/C25H18N4O3/c26-15-20-22(17-9-3-1-4-10-17)23(18-11-5-2-6-12-18)32-25(20)27-16-28-29-24(31)19-13-7-8-14-21(19)30/h1-14,16,30H,(H,27,28)(H,29,31). The van der Waals surface area contributed by atoms with Crippen LogP contribution in [-0.2, 0) is 0 Å². The zero-order valence-electron chi connectivity index (χ0n) is 16.8. The van der Waals surface area contributed by atoms with E-state index in [1.54, 1.807) is 12.1 Å². The number of phenolic OH excluding ortho intramolecular Hbond substituents is 1. The molecule has 0 saturated carbocycles. The fraction of sp³-hybridized carbons (Fsp3) is 0. The highest BCUT2D eigenvalue weighted by Gasteiger charge is 2.22. The topological polar surface area (TPSA) is 111 Å². The zero-order chi connectivity index (χ0) is 22.3. The molecule has 1 aromatic heterocycles. The Balaban J connectivity index is 1.63. The summed E-state index contributed by atoms with van der Waals surface area (Å²) in [5, 5.41) is 19.6. The maximum absolute atomic E-state index is 12.2. The van der Waals surface area contributed by atoms with Gasteiger partial charge in [-0.2, -0.15) is 5.26 Å². The van der Waals surface area contributed by atoms with Crippen LogP contribution in [0.5, 0.6) is 5.75 Å². The van der Waals surface area contributed by atoms with Gasteiger partial charge in [-0.3, -0.25) is 15.6 Å². The molecule has 3 aromatic carbocycles. The van der Waals surface area contributed by atoms with Crippen molar-refractivity contribution in [1.29, 1.82) is 5.26 Å². The minimum Gasteiger partial charge on any atom is -0.507 e. The van der Waals surface area contributed by atoms with Gasteiger partial charge in [0.05, 0.1) is 5.56 Å². The molecule has 4 aromatic rings. The summed E-state index contributed by atoms with van der Waals surface area (Å²) in [6, 6.07) is 27.3. The maximum atomic E-state index is 12.2. The third kappa shape index (κ3) is 4.20. The van der Waals surface area contributed by atoms with Crippen molar-refractivity contribution < 1.29 is 14.3 Å². The van der Waals surface area contributed by atoms with E-state index >= 15 is 0 Å². The summed E-state index contributed by atoms with van der Waals surface area (Å²) in [6.07, 6.45) is 1.21. The molecule has 7 heteroatoms. The number of nitrogens with one attached hydrogen (secondary N) is 2. The minimum absolute atomic E-state index is 0.106. The highest BCUT2D eigenvalue weighted by atomic mass is 16.4. The molecule has 0 aliphatic carbocycles. The number of aliphatic imine (C=N–C) groups is 1. The first kappa shape index (κ1) is 20.4. The molecular formula is C25H18N4O3. The molecule has 0 fully saturated rings. The smallest absolute Gasteiger partial charge is 0.273 e. The second-order valence-electron chi connectivity index (χ2n) is 6.70. The fourth-order valence-corrected chi connectivity index (χ4v) is 3.21. The molecule has 0 unspecified atom stereocenters.